The molecule has 140 valence electrons. The van der Waals surface area contributed by atoms with E-state index in [0.29, 0.717) is 16.3 Å². The molecule has 0 atom stereocenters. The van der Waals surface area contributed by atoms with Gasteiger partial charge in [0.05, 0.1) is 23.6 Å². The van der Waals surface area contributed by atoms with Gasteiger partial charge in [0.2, 0.25) is 5.91 Å². The van der Waals surface area contributed by atoms with Gasteiger partial charge in [-0.05, 0) is 33.3 Å². The number of carbonyl (C=O) groups is 2. The first kappa shape index (κ1) is 19.6. The Labute approximate surface area is 154 Å². The molecule has 0 aliphatic carbocycles. The van der Waals surface area contributed by atoms with Gasteiger partial charge in [-0.3, -0.25) is 19.6 Å². The van der Waals surface area contributed by atoms with E-state index in [1.807, 2.05) is 6.92 Å². The van der Waals surface area contributed by atoms with Crippen LogP contribution < -0.4 is 5.32 Å². The third-order valence-electron chi connectivity index (χ3n) is 3.94. The van der Waals surface area contributed by atoms with E-state index in [9.17, 15) is 19.7 Å². The van der Waals surface area contributed by atoms with Crippen LogP contribution in [0.2, 0.25) is 0 Å². The molecular formula is C16H20N4O5S. The number of amides is 1. The monoisotopic (exact) mass is 380 g/mol. The highest BCUT2D eigenvalue weighted by Gasteiger charge is 2.22. The van der Waals surface area contributed by atoms with Gasteiger partial charge >= 0.3 is 11.7 Å². The van der Waals surface area contributed by atoms with Gasteiger partial charge < -0.3 is 10.1 Å². The number of rotatable bonds is 7. The first-order chi connectivity index (χ1) is 12.3. The molecular weight excluding hydrogens is 360 g/mol. The fourth-order valence-corrected chi connectivity index (χ4v) is 3.47. The Morgan fingerprint density at radius 2 is 2.08 bits per heavy atom. The molecule has 2 aromatic rings. The van der Waals surface area contributed by atoms with E-state index in [-0.39, 0.29) is 31.2 Å². The molecule has 2 heterocycles. The molecule has 0 aliphatic rings. The minimum absolute atomic E-state index is 0.0674. The molecule has 26 heavy (non-hydrogen) atoms. The molecule has 1 amide bonds. The molecule has 0 aromatic carbocycles. The van der Waals surface area contributed by atoms with E-state index in [2.05, 4.69) is 10.4 Å². The Balaban J connectivity index is 2.08. The summed E-state index contributed by atoms with van der Waals surface area (Å²) >= 11 is 1.31. The number of aryl methyl sites for hydroxylation is 2. The molecule has 0 radical (unpaired) electrons. The first-order valence-electron chi connectivity index (χ1n) is 8.00. The van der Waals surface area contributed by atoms with Crippen LogP contribution in [0.1, 0.15) is 39.8 Å². The van der Waals surface area contributed by atoms with Crippen LogP contribution in [-0.4, -0.2) is 33.2 Å². The van der Waals surface area contributed by atoms with Crippen LogP contribution in [0.15, 0.2) is 6.20 Å². The van der Waals surface area contributed by atoms with Crippen LogP contribution in [0.25, 0.3) is 0 Å². The fraction of sp³-hybridized carbons (Fsp3) is 0.438. The van der Waals surface area contributed by atoms with Gasteiger partial charge in [-0.25, -0.2) is 4.79 Å². The summed E-state index contributed by atoms with van der Waals surface area (Å²) in [6, 6.07) is 0. The number of ether oxygens (including phenoxy) is 1. The average Bonchev–Trinajstić information content (AvgIpc) is 3.06. The van der Waals surface area contributed by atoms with Crippen LogP contribution in [0.3, 0.4) is 0 Å². The van der Waals surface area contributed by atoms with Gasteiger partial charge in [0.1, 0.15) is 16.9 Å². The number of thiophene rings is 1. The van der Waals surface area contributed by atoms with Gasteiger partial charge in [0.15, 0.2) is 0 Å². The molecule has 2 rings (SSSR count). The van der Waals surface area contributed by atoms with E-state index in [4.69, 9.17) is 4.74 Å². The van der Waals surface area contributed by atoms with Crippen LogP contribution in [0, 0.1) is 30.9 Å². The van der Waals surface area contributed by atoms with Gasteiger partial charge in [-0.15, -0.1) is 11.3 Å². The number of nitrogens with one attached hydrogen (secondary N) is 1. The zero-order chi connectivity index (χ0) is 19.4. The Morgan fingerprint density at radius 1 is 1.38 bits per heavy atom. The zero-order valence-corrected chi connectivity index (χ0v) is 15.8. The highest BCUT2D eigenvalue weighted by Crippen LogP contribution is 2.33. The van der Waals surface area contributed by atoms with Gasteiger partial charge in [-0.1, -0.05) is 0 Å². The lowest BCUT2D eigenvalue weighted by Gasteiger charge is -2.08. The largest absolute Gasteiger partial charge is 0.462 e. The summed E-state index contributed by atoms with van der Waals surface area (Å²) in [4.78, 5) is 35.6. The van der Waals surface area contributed by atoms with Crippen molar-refractivity contribution < 1.29 is 19.2 Å². The molecule has 9 nitrogen and oxygen atoms in total. The number of nitro groups is 1. The SMILES string of the molecule is CCOC(=O)c1c(NC(=O)CCn2ncc([N+](=O)[O-])c2C)sc(C)c1C. The van der Waals surface area contributed by atoms with Crippen LogP contribution in [0.4, 0.5) is 10.7 Å². The normalized spacial score (nSPS) is 10.6. The third kappa shape index (κ3) is 4.07. The summed E-state index contributed by atoms with van der Waals surface area (Å²) in [6.07, 6.45) is 1.23. The predicted molar refractivity (Wildman–Crippen MR) is 96.6 cm³/mol. The number of aromatic nitrogens is 2. The van der Waals surface area contributed by atoms with E-state index in [0.717, 1.165) is 16.6 Å². The van der Waals surface area contributed by atoms with Crippen molar-refractivity contribution in [1.82, 2.24) is 9.78 Å². The fourth-order valence-electron chi connectivity index (χ4n) is 2.40. The molecule has 2 aromatic heterocycles. The third-order valence-corrected chi connectivity index (χ3v) is 5.07. The second-order valence-corrected chi connectivity index (χ2v) is 6.83. The summed E-state index contributed by atoms with van der Waals surface area (Å²) in [5.74, 6) is -0.780. The molecule has 0 unspecified atom stereocenters. The zero-order valence-electron chi connectivity index (χ0n) is 15.0. The van der Waals surface area contributed by atoms with Crippen molar-refractivity contribution in [3.63, 3.8) is 0 Å². The minimum atomic E-state index is -0.512. The maximum Gasteiger partial charge on any atom is 0.341 e. The molecule has 1 N–H and O–H groups in total. The first-order valence-corrected chi connectivity index (χ1v) is 8.81. The topological polar surface area (TPSA) is 116 Å². The number of esters is 1. The lowest BCUT2D eigenvalue weighted by Crippen LogP contribution is -2.17. The van der Waals surface area contributed by atoms with E-state index >= 15 is 0 Å². The molecule has 0 bridgehead atoms. The number of nitrogens with zero attached hydrogens (tertiary/aromatic N) is 3. The second kappa shape index (κ2) is 8.09. The Bertz CT molecular complexity index is 855. The van der Waals surface area contributed by atoms with Crippen molar-refractivity contribution in [3.8, 4) is 0 Å². The maximum atomic E-state index is 12.3. The Morgan fingerprint density at radius 3 is 2.65 bits per heavy atom. The van der Waals surface area contributed by atoms with Crippen molar-refractivity contribution >= 4 is 33.9 Å². The number of carbonyl (C=O) groups excluding carboxylic acids is 2. The minimum Gasteiger partial charge on any atom is -0.462 e. The quantitative estimate of drug-likeness (QED) is 0.448. The summed E-state index contributed by atoms with van der Waals surface area (Å²) in [5.41, 5.74) is 1.45. The van der Waals surface area contributed by atoms with Gasteiger partial charge in [0, 0.05) is 11.3 Å². The average molecular weight is 380 g/mol. The molecule has 0 saturated heterocycles. The summed E-state index contributed by atoms with van der Waals surface area (Å²) in [5, 5.41) is 17.9. The summed E-state index contributed by atoms with van der Waals surface area (Å²) in [6.45, 7) is 7.41. The number of hydrogen-bond acceptors (Lipinski definition) is 7. The van der Waals surface area contributed by atoms with Gasteiger partial charge in [0.25, 0.3) is 0 Å². The van der Waals surface area contributed by atoms with Crippen LogP contribution in [0.5, 0.6) is 0 Å². The van der Waals surface area contributed by atoms with Crippen molar-refractivity contribution in [2.45, 2.75) is 40.7 Å². The molecule has 0 saturated carbocycles. The van der Waals surface area contributed by atoms with E-state index in [1.54, 1.807) is 20.8 Å². The lowest BCUT2D eigenvalue weighted by atomic mass is 10.1. The maximum absolute atomic E-state index is 12.3. The van der Waals surface area contributed by atoms with Crippen LogP contribution in [-0.2, 0) is 16.1 Å². The highest BCUT2D eigenvalue weighted by atomic mass is 32.1. The van der Waals surface area contributed by atoms with Crippen molar-refractivity contribution in [2.75, 3.05) is 11.9 Å². The van der Waals surface area contributed by atoms with Crippen molar-refractivity contribution in [2.24, 2.45) is 0 Å². The van der Waals surface area contributed by atoms with E-state index < -0.39 is 10.9 Å². The second-order valence-electron chi connectivity index (χ2n) is 5.60. The summed E-state index contributed by atoms with van der Waals surface area (Å²) in [7, 11) is 0. The highest BCUT2D eigenvalue weighted by molar-refractivity contribution is 7.16. The molecule has 10 heteroatoms. The predicted octanol–water partition coefficient (Wildman–Crippen LogP) is 2.98. The van der Waals surface area contributed by atoms with Crippen LogP contribution >= 0.6 is 11.3 Å². The van der Waals surface area contributed by atoms with E-state index in [1.165, 1.54) is 16.0 Å². The molecule has 0 fully saturated rings. The van der Waals surface area contributed by atoms with Gasteiger partial charge in [-0.2, -0.15) is 5.10 Å². The Kier molecular flexibility index (Phi) is 6.09. The lowest BCUT2D eigenvalue weighted by molar-refractivity contribution is -0.385. The van der Waals surface area contributed by atoms with Crippen molar-refractivity contribution in [1.29, 1.82) is 0 Å². The molecule has 0 spiro atoms. The summed E-state index contributed by atoms with van der Waals surface area (Å²) < 4.78 is 6.46. The smallest absolute Gasteiger partial charge is 0.341 e. The Hall–Kier alpha value is -2.75. The number of hydrogen-bond donors (Lipinski definition) is 1. The standard InChI is InChI=1S/C16H20N4O5S/c1-5-25-16(22)14-9(2)11(4)26-15(14)18-13(21)6-7-19-10(3)12(8-17-19)20(23)24/h8H,5-7H2,1-4H3,(H,18,21). The van der Waals surface area contributed by atoms with Crippen molar-refractivity contribution in [3.05, 3.63) is 38.0 Å². The molecule has 0 aliphatic heterocycles. The number of anilines is 1.